The van der Waals surface area contributed by atoms with Gasteiger partial charge in [0.15, 0.2) is 0 Å². The molecule has 1 N–H and O–H groups in total. The molecule has 0 spiro atoms. The van der Waals surface area contributed by atoms with Crippen molar-refractivity contribution in [2.45, 2.75) is 6.92 Å². The Bertz CT molecular complexity index is 667. The average molecular weight is 274 g/mol. The van der Waals surface area contributed by atoms with Crippen molar-refractivity contribution in [1.82, 2.24) is 4.98 Å². The molecule has 2 aromatic rings. The fourth-order valence-corrected chi connectivity index (χ4v) is 1.52. The molecule has 1 aromatic carbocycles. The van der Waals surface area contributed by atoms with Crippen LogP contribution in [-0.4, -0.2) is 21.0 Å². The number of ether oxygens (including phenoxy) is 1. The highest BCUT2D eigenvalue weighted by molar-refractivity contribution is 5.88. The third-order valence-corrected chi connectivity index (χ3v) is 2.52. The third kappa shape index (κ3) is 2.89. The Labute approximate surface area is 113 Å². The minimum Gasteiger partial charge on any atom is -0.478 e. The number of pyridine rings is 1. The van der Waals surface area contributed by atoms with Gasteiger partial charge in [0, 0.05) is 17.8 Å². The Morgan fingerprint density at radius 2 is 2.10 bits per heavy atom. The molecule has 0 aliphatic rings. The second kappa shape index (κ2) is 5.35. The molecule has 0 aliphatic heterocycles. The monoisotopic (exact) mass is 274 g/mol. The number of carboxylic acids is 1. The molecule has 1 aromatic heterocycles. The number of aromatic carboxylic acids is 1. The summed E-state index contributed by atoms with van der Waals surface area (Å²) in [6, 6.07) is 6.64. The van der Waals surface area contributed by atoms with Crippen molar-refractivity contribution in [3.8, 4) is 11.5 Å². The molecule has 7 heteroatoms. The molecule has 20 heavy (non-hydrogen) atoms. The summed E-state index contributed by atoms with van der Waals surface area (Å²) < 4.78 is 5.35. The first kappa shape index (κ1) is 13.5. The zero-order valence-corrected chi connectivity index (χ0v) is 10.4. The third-order valence-electron chi connectivity index (χ3n) is 2.52. The molecule has 0 unspecified atom stereocenters. The number of nitrogens with zero attached hydrogens (tertiary/aromatic N) is 2. The van der Waals surface area contributed by atoms with Gasteiger partial charge < -0.3 is 9.84 Å². The number of rotatable bonds is 4. The maximum Gasteiger partial charge on any atom is 0.335 e. The Hall–Kier alpha value is -2.96. The Kier molecular flexibility index (Phi) is 3.60. The van der Waals surface area contributed by atoms with E-state index in [0.29, 0.717) is 5.75 Å². The van der Waals surface area contributed by atoms with Gasteiger partial charge in [-0.25, -0.2) is 4.79 Å². The maximum absolute atomic E-state index is 10.9. The van der Waals surface area contributed by atoms with Crippen LogP contribution in [0, 0.1) is 17.0 Å². The lowest BCUT2D eigenvalue weighted by Gasteiger charge is -2.07. The highest BCUT2D eigenvalue weighted by Gasteiger charge is 2.18. The summed E-state index contributed by atoms with van der Waals surface area (Å²) in [6.07, 6.45) is 1.41. The van der Waals surface area contributed by atoms with Crippen LogP contribution in [0.2, 0.25) is 0 Å². The minimum atomic E-state index is -1.19. The van der Waals surface area contributed by atoms with Crippen molar-refractivity contribution in [3.63, 3.8) is 0 Å². The van der Waals surface area contributed by atoms with Crippen molar-refractivity contribution >= 4 is 11.7 Å². The zero-order valence-electron chi connectivity index (χ0n) is 10.4. The van der Waals surface area contributed by atoms with Crippen LogP contribution in [-0.2, 0) is 0 Å². The summed E-state index contributed by atoms with van der Waals surface area (Å²) in [5.41, 5.74) is 0.368. The number of hydrogen-bond donors (Lipinski definition) is 1. The lowest BCUT2D eigenvalue weighted by Crippen LogP contribution is -1.99. The maximum atomic E-state index is 10.9. The summed E-state index contributed by atoms with van der Waals surface area (Å²) in [4.78, 5) is 25.2. The van der Waals surface area contributed by atoms with Crippen molar-refractivity contribution in [3.05, 3.63) is 57.9 Å². The topological polar surface area (TPSA) is 103 Å². The molecular formula is C13H10N2O5. The summed E-state index contributed by atoms with van der Waals surface area (Å²) in [6.45, 7) is 1.79. The molecule has 0 amide bonds. The van der Waals surface area contributed by atoms with Crippen LogP contribution < -0.4 is 4.74 Å². The standard InChI is InChI=1S/C13H10N2O5/c1-8-2-4-10(7-14-8)20-12-6-9(13(16)17)3-5-11(12)15(18)19/h2-7H,1H3,(H,16,17). The fraction of sp³-hybridized carbons (Fsp3) is 0.0769. The van der Waals surface area contributed by atoms with Gasteiger partial charge in [0.2, 0.25) is 5.75 Å². The van der Waals surface area contributed by atoms with E-state index in [9.17, 15) is 14.9 Å². The number of aromatic nitrogens is 1. The predicted octanol–water partition coefficient (Wildman–Crippen LogP) is 2.79. The number of nitro benzene ring substituents is 1. The van der Waals surface area contributed by atoms with Gasteiger partial charge in [-0.2, -0.15) is 0 Å². The van der Waals surface area contributed by atoms with Crippen LogP contribution in [0.4, 0.5) is 5.69 Å². The van der Waals surface area contributed by atoms with Crippen molar-refractivity contribution in [2.24, 2.45) is 0 Å². The number of carbonyl (C=O) groups is 1. The van der Waals surface area contributed by atoms with E-state index in [2.05, 4.69) is 4.98 Å². The molecule has 0 aliphatic carbocycles. The smallest absolute Gasteiger partial charge is 0.335 e. The minimum absolute atomic E-state index is 0.0920. The van der Waals surface area contributed by atoms with Crippen LogP contribution in [0.15, 0.2) is 36.5 Å². The van der Waals surface area contributed by atoms with Gasteiger partial charge in [0.1, 0.15) is 5.75 Å². The first-order valence-corrected chi connectivity index (χ1v) is 5.59. The van der Waals surface area contributed by atoms with Crippen LogP contribution >= 0.6 is 0 Å². The number of carboxylic acid groups (broad SMARTS) is 1. The molecular weight excluding hydrogens is 264 g/mol. The molecule has 7 nitrogen and oxygen atoms in total. The summed E-state index contributed by atoms with van der Waals surface area (Å²) >= 11 is 0. The predicted molar refractivity (Wildman–Crippen MR) is 69.1 cm³/mol. The highest BCUT2D eigenvalue weighted by atomic mass is 16.6. The van der Waals surface area contributed by atoms with Gasteiger partial charge in [0.25, 0.3) is 0 Å². The second-order valence-corrected chi connectivity index (χ2v) is 3.98. The van der Waals surface area contributed by atoms with Crippen molar-refractivity contribution in [1.29, 1.82) is 0 Å². The Balaban J connectivity index is 2.41. The van der Waals surface area contributed by atoms with Gasteiger partial charge in [-0.1, -0.05) is 0 Å². The zero-order chi connectivity index (χ0) is 14.7. The van der Waals surface area contributed by atoms with E-state index in [1.807, 2.05) is 0 Å². The lowest BCUT2D eigenvalue weighted by atomic mass is 10.2. The summed E-state index contributed by atoms with van der Waals surface area (Å²) in [5, 5.41) is 19.8. The van der Waals surface area contributed by atoms with Gasteiger partial charge in [0.05, 0.1) is 16.7 Å². The largest absolute Gasteiger partial charge is 0.478 e. The van der Waals surface area contributed by atoms with E-state index < -0.39 is 10.9 Å². The molecule has 0 fully saturated rings. The van der Waals surface area contributed by atoms with Crippen LogP contribution in [0.5, 0.6) is 11.5 Å². The summed E-state index contributed by atoms with van der Waals surface area (Å²) in [7, 11) is 0. The molecule has 0 saturated carbocycles. The fourth-order valence-electron chi connectivity index (χ4n) is 1.52. The Morgan fingerprint density at radius 3 is 2.65 bits per heavy atom. The SMILES string of the molecule is Cc1ccc(Oc2cc(C(=O)O)ccc2[N+](=O)[O-])cn1. The van der Waals surface area contributed by atoms with Crippen LogP contribution in [0.1, 0.15) is 16.1 Å². The first-order valence-electron chi connectivity index (χ1n) is 5.59. The molecule has 0 bridgehead atoms. The molecule has 0 saturated heterocycles. The van der Waals surface area contributed by atoms with Crippen molar-refractivity contribution in [2.75, 3.05) is 0 Å². The second-order valence-electron chi connectivity index (χ2n) is 3.98. The van der Waals surface area contributed by atoms with E-state index >= 15 is 0 Å². The quantitative estimate of drug-likeness (QED) is 0.679. The van der Waals surface area contributed by atoms with Crippen molar-refractivity contribution < 1.29 is 19.6 Å². The number of hydrogen-bond acceptors (Lipinski definition) is 5. The van der Waals surface area contributed by atoms with Gasteiger partial charge >= 0.3 is 11.7 Å². The first-order chi connectivity index (χ1) is 9.47. The van der Waals surface area contributed by atoms with Gasteiger partial charge in [-0.05, 0) is 25.1 Å². The number of benzene rings is 1. The molecule has 2 rings (SSSR count). The molecule has 0 atom stereocenters. The molecule has 0 radical (unpaired) electrons. The van der Waals surface area contributed by atoms with E-state index in [1.165, 1.54) is 6.20 Å². The van der Waals surface area contributed by atoms with E-state index in [0.717, 1.165) is 23.9 Å². The average Bonchev–Trinajstić information content (AvgIpc) is 2.41. The van der Waals surface area contributed by atoms with Crippen LogP contribution in [0.3, 0.4) is 0 Å². The molecule has 102 valence electrons. The number of aryl methyl sites for hydroxylation is 1. The van der Waals surface area contributed by atoms with Crippen LogP contribution in [0.25, 0.3) is 0 Å². The number of nitro groups is 1. The summed E-state index contributed by atoms with van der Waals surface area (Å²) in [5.74, 6) is -1.03. The van der Waals surface area contributed by atoms with Gasteiger partial charge in [-0.15, -0.1) is 0 Å². The lowest BCUT2D eigenvalue weighted by molar-refractivity contribution is -0.385. The van der Waals surface area contributed by atoms with E-state index in [1.54, 1.807) is 19.1 Å². The normalized spacial score (nSPS) is 10.1. The van der Waals surface area contributed by atoms with E-state index in [-0.39, 0.29) is 17.0 Å². The van der Waals surface area contributed by atoms with E-state index in [4.69, 9.17) is 9.84 Å². The molecule has 1 heterocycles. The van der Waals surface area contributed by atoms with Gasteiger partial charge in [-0.3, -0.25) is 15.1 Å². The Morgan fingerprint density at radius 1 is 1.35 bits per heavy atom. The highest BCUT2D eigenvalue weighted by Crippen LogP contribution is 2.32.